The minimum absolute atomic E-state index is 0.0330. The fraction of sp³-hybridized carbons (Fsp3) is 0.429. The molecule has 3 rings (SSSR count). The number of nitrogens with zero attached hydrogens (tertiary/aromatic N) is 1. The zero-order chi connectivity index (χ0) is 12.7. The topological polar surface area (TPSA) is 37.4 Å². The number of rotatable bonds is 2. The highest BCUT2D eigenvalue weighted by atomic mass is 32.2. The van der Waals surface area contributed by atoms with E-state index in [1.807, 2.05) is 16.7 Å². The summed E-state index contributed by atoms with van der Waals surface area (Å²) in [5, 5.41) is 0.635. The van der Waals surface area contributed by atoms with Gasteiger partial charge in [-0.1, -0.05) is 12.1 Å². The Hall–Kier alpha value is -1.29. The molecular weight excluding hydrogens is 246 g/mol. The van der Waals surface area contributed by atoms with E-state index < -0.39 is 0 Å². The van der Waals surface area contributed by atoms with Crippen molar-refractivity contribution in [2.24, 2.45) is 0 Å². The molecule has 2 bridgehead atoms. The number of likely N-dealkylation sites (tertiary alicyclic amines) is 1. The summed E-state index contributed by atoms with van der Waals surface area (Å²) in [6.07, 6.45) is 1.14. The third-order valence-corrected chi connectivity index (χ3v) is 5.09. The Bertz CT molecular complexity index is 497. The molecule has 1 amide bonds. The highest BCUT2D eigenvalue weighted by Crippen LogP contribution is 2.38. The van der Waals surface area contributed by atoms with Crippen molar-refractivity contribution in [1.82, 2.24) is 4.90 Å². The Labute approximate surface area is 111 Å². The summed E-state index contributed by atoms with van der Waals surface area (Å²) in [6.45, 7) is 2.41. The van der Waals surface area contributed by atoms with Gasteiger partial charge < -0.3 is 4.90 Å². The number of fused-ring (bicyclic) bond motifs is 2. The lowest BCUT2D eigenvalue weighted by molar-refractivity contribution is 0.0747. The fourth-order valence-electron chi connectivity index (χ4n) is 2.66. The SMILES string of the molecule is CC(=O)c1ccc(C(=O)N2CC3CC2CS3)cc1. The van der Waals surface area contributed by atoms with Gasteiger partial charge in [-0.2, -0.15) is 11.8 Å². The molecule has 2 unspecified atom stereocenters. The normalized spacial score (nSPS) is 25.5. The molecule has 4 heteroatoms. The molecular formula is C14H15NO2S. The molecule has 0 N–H and O–H groups in total. The first kappa shape index (κ1) is 11.8. The first-order valence-corrected chi connectivity index (χ1v) is 7.23. The molecule has 0 spiro atoms. The zero-order valence-electron chi connectivity index (χ0n) is 10.3. The summed E-state index contributed by atoms with van der Waals surface area (Å²) in [5.41, 5.74) is 1.35. The van der Waals surface area contributed by atoms with Crippen LogP contribution in [0.25, 0.3) is 0 Å². The van der Waals surface area contributed by atoms with Crippen LogP contribution in [0.15, 0.2) is 24.3 Å². The molecule has 0 aliphatic carbocycles. The molecule has 1 aromatic rings. The minimum Gasteiger partial charge on any atom is -0.334 e. The molecule has 0 aromatic heterocycles. The van der Waals surface area contributed by atoms with Gasteiger partial charge >= 0.3 is 0 Å². The van der Waals surface area contributed by atoms with Crippen LogP contribution in [-0.2, 0) is 0 Å². The molecule has 2 atom stereocenters. The van der Waals surface area contributed by atoms with Crippen LogP contribution in [0.4, 0.5) is 0 Å². The Kier molecular flexibility index (Phi) is 2.90. The summed E-state index contributed by atoms with van der Waals surface area (Å²) < 4.78 is 0. The van der Waals surface area contributed by atoms with Gasteiger partial charge in [0.05, 0.1) is 0 Å². The van der Waals surface area contributed by atoms with Crippen LogP contribution in [0.5, 0.6) is 0 Å². The molecule has 18 heavy (non-hydrogen) atoms. The number of carbonyl (C=O) groups is 2. The maximum absolute atomic E-state index is 12.3. The van der Waals surface area contributed by atoms with Crippen LogP contribution in [0.1, 0.15) is 34.1 Å². The number of benzene rings is 1. The van der Waals surface area contributed by atoms with Crippen LogP contribution in [0.3, 0.4) is 0 Å². The van der Waals surface area contributed by atoms with Crippen molar-refractivity contribution in [1.29, 1.82) is 0 Å². The molecule has 2 heterocycles. The summed E-state index contributed by atoms with van der Waals surface area (Å²) in [7, 11) is 0. The van der Waals surface area contributed by atoms with Gasteiger partial charge in [0.2, 0.25) is 0 Å². The van der Waals surface area contributed by atoms with Crippen molar-refractivity contribution in [2.45, 2.75) is 24.6 Å². The molecule has 2 fully saturated rings. The van der Waals surface area contributed by atoms with Crippen LogP contribution in [0, 0.1) is 0 Å². The maximum atomic E-state index is 12.3. The van der Waals surface area contributed by atoms with Gasteiger partial charge in [0.15, 0.2) is 5.78 Å². The Morgan fingerprint density at radius 2 is 1.89 bits per heavy atom. The smallest absolute Gasteiger partial charge is 0.254 e. The molecule has 2 saturated heterocycles. The van der Waals surface area contributed by atoms with Gasteiger partial charge in [-0.05, 0) is 25.5 Å². The van der Waals surface area contributed by atoms with Crippen molar-refractivity contribution in [2.75, 3.05) is 12.3 Å². The minimum atomic E-state index is 0.0330. The molecule has 0 radical (unpaired) electrons. The van der Waals surface area contributed by atoms with E-state index in [2.05, 4.69) is 0 Å². The number of hydrogen-bond donors (Lipinski definition) is 0. The Morgan fingerprint density at radius 1 is 1.22 bits per heavy atom. The highest BCUT2D eigenvalue weighted by Gasteiger charge is 2.41. The van der Waals surface area contributed by atoms with Crippen LogP contribution in [0.2, 0.25) is 0 Å². The molecule has 1 aromatic carbocycles. The lowest BCUT2D eigenvalue weighted by atomic mass is 10.1. The molecule has 3 nitrogen and oxygen atoms in total. The van der Waals surface area contributed by atoms with E-state index in [0.29, 0.717) is 22.4 Å². The van der Waals surface area contributed by atoms with Crippen molar-refractivity contribution in [3.63, 3.8) is 0 Å². The molecule has 2 aliphatic rings. The van der Waals surface area contributed by atoms with Gasteiger partial charge in [0, 0.05) is 34.7 Å². The van der Waals surface area contributed by atoms with Gasteiger partial charge in [-0.25, -0.2) is 0 Å². The summed E-state index contributed by atoms with van der Waals surface area (Å²) in [6, 6.07) is 7.41. The first-order valence-electron chi connectivity index (χ1n) is 6.19. The molecule has 0 saturated carbocycles. The predicted molar refractivity (Wildman–Crippen MR) is 72.1 cm³/mol. The quantitative estimate of drug-likeness (QED) is 0.766. The van der Waals surface area contributed by atoms with Gasteiger partial charge in [0.25, 0.3) is 5.91 Å². The van der Waals surface area contributed by atoms with Crippen LogP contribution in [-0.4, -0.2) is 40.2 Å². The lowest BCUT2D eigenvalue weighted by Gasteiger charge is -2.26. The monoisotopic (exact) mass is 261 g/mol. The second-order valence-electron chi connectivity index (χ2n) is 4.94. The Balaban J connectivity index is 1.78. The molecule has 94 valence electrons. The van der Waals surface area contributed by atoms with Crippen molar-refractivity contribution >= 4 is 23.5 Å². The fourth-order valence-corrected chi connectivity index (χ4v) is 4.10. The van der Waals surface area contributed by atoms with Crippen LogP contribution >= 0.6 is 11.8 Å². The van der Waals surface area contributed by atoms with Crippen molar-refractivity contribution in [3.05, 3.63) is 35.4 Å². The Morgan fingerprint density at radius 3 is 2.39 bits per heavy atom. The van der Waals surface area contributed by atoms with Crippen molar-refractivity contribution in [3.8, 4) is 0 Å². The van der Waals surface area contributed by atoms with Gasteiger partial charge in [-0.15, -0.1) is 0 Å². The number of carbonyl (C=O) groups excluding carboxylic acids is 2. The number of amides is 1. The third-order valence-electron chi connectivity index (χ3n) is 3.70. The van der Waals surface area contributed by atoms with E-state index in [4.69, 9.17) is 0 Å². The summed E-state index contributed by atoms with van der Waals surface area (Å²) >= 11 is 1.98. The van der Waals surface area contributed by atoms with E-state index in [1.54, 1.807) is 24.3 Å². The van der Waals surface area contributed by atoms with Crippen molar-refractivity contribution < 1.29 is 9.59 Å². The first-order chi connectivity index (χ1) is 8.65. The average Bonchev–Trinajstić information content (AvgIpc) is 3.00. The summed E-state index contributed by atoms with van der Waals surface area (Å²) in [4.78, 5) is 25.5. The maximum Gasteiger partial charge on any atom is 0.254 e. The highest BCUT2D eigenvalue weighted by molar-refractivity contribution is 8.00. The van der Waals surface area contributed by atoms with E-state index in [1.165, 1.54) is 6.92 Å². The van der Waals surface area contributed by atoms with Crippen LogP contribution < -0.4 is 0 Å². The zero-order valence-corrected chi connectivity index (χ0v) is 11.1. The second-order valence-corrected chi connectivity index (χ2v) is 6.27. The lowest BCUT2D eigenvalue weighted by Crippen LogP contribution is -2.39. The standard InChI is InChI=1S/C14H15NO2S/c1-9(16)10-2-4-11(5-3-10)14(17)15-7-13-6-12(15)8-18-13/h2-5,12-13H,6-8H2,1H3. The predicted octanol–water partition coefficient (Wildman–Crippen LogP) is 2.22. The second kappa shape index (κ2) is 4.43. The van der Waals surface area contributed by atoms with Gasteiger partial charge in [0.1, 0.15) is 0 Å². The van der Waals surface area contributed by atoms with E-state index in [0.717, 1.165) is 18.7 Å². The van der Waals surface area contributed by atoms with E-state index >= 15 is 0 Å². The molecule has 2 aliphatic heterocycles. The van der Waals surface area contributed by atoms with E-state index in [-0.39, 0.29) is 11.7 Å². The van der Waals surface area contributed by atoms with E-state index in [9.17, 15) is 9.59 Å². The average molecular weight is 261 g/mol. The number of Topliss-reactive ketones (excluding diaryl/α,β-unsaturated/α-hetero) is 1. The largest absolute Gasteiger partial charge is 0.334 e. The summed E-state index contributed by atoms with van der Waals surface area (Å²) in [5.74, 6) is 1.21. The number of ketones is 1. The number of thioether (sulfide) groups is 1. The third kappa shape index (κ3) is 1.94. The van der Waals surface area contributed by atoms with Gasteiger partial charge in [-0.3, -0.25) is 9.59 Å². The number of hydrogen-bond acceptors (Lipinski definition) is 3.